The highest BCUT2D eigenvalue weighted by Crippen LogP contribution is 2.41. The van der Waals surface area contributed by atoms with E-state index in [0.717, 1.165) is 73.9 Å². The number of nitrogens with one attached hydrogen (secondary N) is 3. The summed E-state index contributed by atoms with van der Waals surface area (Å²) in [4.78, 5) is 75.4. The molecule has 5 fully saturated rings. The lowest BCUT2D eigenvalue weighted by Gasteiger charge is -2.39. The number of aliphatic hydroxyl groups excluding tert-OH is 1. The van der Waals surface area contributed by atoms with Gasteiger partial charge in [-0.1, -0.05) is 30.3 Å². The van der Waals surface area contributed by atoms with Gasteiger partial charge in [-0.25, -0.2) is 22.4 Å². The molecule has 5 aromatic carbocycles. The molecule has 0 bridgehead atoms. The van der Waals surface area contributed by atoms with E-state index in [0.29, 0.717) is 71.0 Å². The van der Waals surface area contributed by atoms with Crippen molar-refractivity contribution in [2.45, 2.75) is 185 Å². The van der Waals surface area contributed by atoms with Gasteiger partial charge in [0.15, 0.2) is 0 Å². The fourth-order valence-electron chi connectivity index (χ4n) is 14.3. The molecule has 22 heteroatoms. The van der Waals surface area contributed by atoms with E-state index in [4.69, 9.17) is 4.74 Å². The lowest BCUT2D eigenvalue weighted by Crippen LogP contribution is -2.51. The number of rotatable bonds is 12. The molecule has 566 valence electrons. The van der Waals surface area contributed by atoms with Gasteiger partial charge in [-0.15, -0.1) is 0 Å². The van der Waals surface area contributed by atoms with E-state index in [1.54, 1.807) is 18.7 Å². The summed E-state index contributed by atoms with van der Waals surface area (Å²) >= 11 is 0. The quantitative estimate of drug-likeness (QED) is 0.0741. The zero-order chi connectivity index (χ0) is 76.5. The number of aliphatic carboxylic acids is 1. The average molecular weight is 1430 g/mol. The number of carbonyl (C=O) groups excluding carboxylic acids is 4. The first kappa shape index (κ1) is 82.5. The van der Waals surface area contributed by atoms with Crippen molar-refractivity contribution < 1.29 is 56.5 Å². The van der Waals surface area contributed by atoms with Crippen molar-refractivity contribution in [3.63, 3.8) is 0 Å². The first-order valence-corrected chi connectivity index (χ1v) is 36.4. The van der Waals surface area contributed by atoms with Crippen LogP contribution < -0.4 is 30.7 Å². The van der Waals surface area contributed by atoms with Crippen LogP contribution in [-0.4, -0.2) is 181 Å². The summed E-state index contributed by atoms with van der Waals surface area (Å²) in [5, 5.41) is 28.8. The Kier molecular flexibility index (Phi) is 27.9. The number of hydrogen-bond donors (Lipinski definition) is 5. The van der Waals surface area contributed by atoms with Crippen molar-refractivity contribution in [1.82, 2.24) is 35.6 Å². The molecule has 18 nitrogen and oxygen atoms in total. The van der Waals surface area contributed by atoms with E-state index < -0.39 is 58.7 Å². The molecule has 10 rings (SSSR count). The van der Waals surface area contributed by atoms with Crippen LogP contribution in [-0.2, 0) is 23.9 Å². The highest BCUT2D eigenvalue weighted by atomic mass is 19.1. The minimum Gasteiger partial charge on any atom is -0.481 e. The third-order valence-electron chi connectivity index (χ3n) is 20.7. The molecule has 5 N–H and O–H groups in total. The van der Waals surface area contributed by atoms with Crippen LogP contribution in [0.25, 0.3) is 0 Å². The summed E-state index contributed by atoms with van der Waals surface area (Å²) in [5.41, 5.74) is 13.8. The van der Waals surface area contributed by atoms with E-state index in [-0.39, 0.29) is 58.5 Å². The van der Waals surface area contributed by atoms with Gasteiger partial charge in [0, 0.05) is 176 Å². The molecule has 0 aliphatic carbocycles. The van der Waals surface area contributed by atoms with Crippen molar-refractivity contribution in [2.75, 3.05) is 119 Å². The van der Waals surface area contributed by atoms with Gasteiger partial charge in [0.2, 0.25) is 17.7 Å². The number of halogens is 4. The summed E-state index contributed by atoms with van der Waals surface area (Å²) in [6.07, 6.45) is -0.763. The molecule has 5 aliphatic heterocycles. The maximum absolute atomic E-state index is 14.9. The van der Waals surface area contributed by atoms with Crippen molar-refractivity contribution >= 4 is 46.8 Å². The fourth-order valence-corrected chi connectivity index (χ4v) is 14.3. The van der Waals surface area contributed by atoms with Crippen LogP contribution in [0.5, 0.6) is 0 Å². The minimum atomic E-state index is -0.939. The molecule has 103 heavy (non-hydrogen) atoms. The van der Waals surface area contributed by atoms with Crippen LogP contribution in [0.3, 0.4) is 0 Å². The van der Waals surface area contributed by atoms with Crippen LogP contribution in [0.4, 0.5) is 39.4 Å². The summed E-state index contributed by atoms with van der Waals surface area (Å²) in [6.45, 7) is 50.6. The molecule has 5 aromatic rings. The molecule has 4 amide bonds. The Bertz CT molecular complexity index is 3790. The third kappa shape index (κ3) is 21.9. The Morgan fingerprint density at radius 1 is 0.485 bits per heavy atom. The number of benzene rings is 5. The molecule has 5 saturated heterocycles. The predicted octanol–water partition coefficient (Wildman–Crippen LogP) is 13.1. The van der Waals surface area contributed by atoms with Gasteiger partial charge in [-0.05, 0) is 211 Å². The van der Waals surface area contributed by atoms with Crippen molar-refractivity contribution in [3.8, 4) is 0 Å². The molecule has 7 atom stereocenters. The Labute approximate surface area is 609 Å². The highest BCUT2D eigenvalue weighted by molar-refractivity contribution is 5.81. The zero-order valence-corrected chi connectivity index (χ0v) is 64.8. The largest absolute Gasteiger partial charge is 0.481 e. The van der Waals surface area contributed by atoms with Gasteiger partial charge in [0.05, 0.1) is 30.0 Å². The van der Waals surface area contributed by atoms with Gasteiger partial charge in [0.1, 0.15) is 28.9 Å². The lowest BCUT2D eigenvalue weighted by atomic mass is 9.87. The number of ether oxygens (including phenoxy) is 1. The average Bonchev–Trinajstić information content (AvgIpc) is 1.70. The second-order valence-electron chi connectivity index (χ2n) is 31.8. The third-order valence-corrected chi connectivity index (χ3v) is 20.7. The maximum Gasteiger partial charge on any atom is 0.410 e. The van der Waals surface area contributed by atoms with Gasteiger partial charge < -0.3 is 55.4 Å². The molecular formula is C81H116F4N10O8. The van der Waals surface area contributed by atoms with Crippen molar-refractivity contribution in [3.05, 3.63) is 157 Å². The highest BCUT2D eigenvalue weighted by Gasteiger charge is 2.46. The number of aliphatic hydroxyl groups is 1. The first-order valence-electron chi connectivity index (χ1n) is 36.4. The normalized spacial score (nSPS) is 20.0. The van der Waals surface area contributed by atoms with Gasteiger partial charge in [0.25, 0.3) is 0 Å². The number of carboxylic acids is 1. The number of likely N-dealkylation sites (tertiary alicyclic amines) is 2. The molecule has 0 radical (unpaired) electrons. The Hall–Kier alpha value is -7.79. The second kappa shape index (κ2) is 34.9. The molecule has 3 unspecified atom stereocenters. The van der Waals surface area contributed by atoms with Gasteiger partial charge in [-0.3, -0.25) is 29.0 Å². The van der Waals surface area contributed by atoms with Crippen LogP contribution in [0.15, 0.2) is 72.8 Å². The van der Waals surface area contributed by atoms with Crippen LogP contribution in [0.2, 0.25) is 0 Å². The fraction of sp³-hybridized carbons (Fsp3) is 0.568. The molecule has 0 aromatic heterocycles. The molecule has 5 aliphatic rings. The predicted molar refractivity (Wildman–Crippen MR) is 402 cm³/mol. The zero-order valence-electron chi connectivity index (χ0n) is 64.8. The topological polar surface area (TPSA) is 194 Å². The monoisotopic (exact) mass is 1430 g/mol. The Morgan fingerprint density at radius 2 is 0.835 bits per heavy atom. The SMILES string of the molecule is CC(=O)NC(C)c1cc(C)c(C)cc1N1CCN(C(=O)[C@@H]2CN(C(C)(C)C)C[C@H]2c2ccc(F)cc2F)CC1.CC(=O)NC(C)c1cc(C)c(C)cc1N1CCNCC1.CC(C)(C)N1C[C@@H](C(=O)O)[C@H](c2ccc(F)cc2F)C1.Cc1cc(C(C)O)c(N2CCN(C(=O)OC(C)(C)C)CC2)cc1C. The standard InChI is InChI=1S/C31H42F2N4O2.C19H30N2O3.C16H25N3O.C15H19F2NO2/c1-19-14-25(21(3)34-22(4)38)29(15-20(19)2)35-10-12-36(13-11-35)30(39)27-18-37(31(5,6)7)17-26(27)24-9-8-23(32)16-28(24)33;1-13-11-16(15(3)22)17(12-14(13)2)20-7-9-21(10-8-20)18(23)24-19(4,5)6;1-11-9-15(13(3)18-14(4)20)16(10-12(11)2)19-7-5-17-6-8-19;1-15(2,3)18-7-11(12(8-18)14(19)20)10-5-4-9(16)6-13(10)17/h8-9,14-16,21,26-27H,10-13,17-18H2,1-7H3,(H,34,38);11-12,15,22H,7-10H2,1-6H3;9-10,13,17H,5-8H2,1-4H3,(H,18,20);4-6,11-12H,7-8H2,1-3H3,(H,19,20)/t21?,26-,27+;;;11-,12+/m0..0/s1. The molecular weight excluding hydrogens is 1320 g/mol. The van der Waals surface area contributed by atoms with Crippen LogP contribution >= 0.6 is 0 Å². The number of aryl methyl sites for hydroxylation is 6. The number of piperazine rings is 3. The summed E-state index contributed by atoms with van der Waals surface area (Å²) in [7, 11) is 0. The van der Waals surface area contributed by atoms with E-state index >= 15 is 0 Å². The Morgan fingerprint density at radius 3 is 1.19 bits per heavy atom. The van der Waals surface area contributed by atoms with E-state index in [1.165, 1.54) is 75.8 Å². The first-order chi connectivity index (χ1) is 48.0. The van der Waals surface area contributed by atoms with E-state index in [2.05, 4.69) is 141 Å². The molecule has 5 heterocycles. The summed E-state index contributed by atoms with van der Waals surface area (Å²) in [6, 6.07) is 19.9. The van der Waals surface area contributed by atoms with Crippen LogP contribution in [0, 0.1) is 76.6 Å². The lowest BCUT2D eigenvalue weighted by molar-refractivity contribution is -0.142. The van der Waals surface area contributed by atoms with Gasteiger partial charge >= 0.3 is 12.1 Å². The Balaban J connectivity index is 0.000000201. The minimum absolute atomic E-state index is 0.0157. The smallest absolute Gasteiger partial charge is 0.410 e. The number of anilines is 3. The number of carbonyl (C=O) groups is 5. The number of amides is 4. The number of carboxylic acid groups (broad SMARTS) is 1. The van der Waals surface area contributed by atoms with Crippen molar-refractivity contribution in [1.29, 1.82) is 0 Å². The van der Waals surface area contributed by atoms with E-state index in [9.17, 15) is 51.7 Å². The summed E-state index contributed by atoms with van der Waals surface area (Å²) in [5.74, 6) is -5.34. The number of nitrogens with zero attached hydrogens (tertiary/aromatic N) is 7. The second-order valence-corrected chi connectivity index (χ2v) is 31.8. The van der Waals surface area contributed by atoms with Gasteiger partial charge in [-0.2, -0.15) is 0 Å². The van der Waals surface area contributed by atoms with E-state index in [1.807, 2.05) is 58.3 Å². The maximum atomic E-state index is 14.9. The summed E-state index contributed by atoms with van der Waals surface area (Å²) < 4.78 is 60.9. The number of hydrogen-bond acceptors (Lipinski definition) is 13. The molecule has 0 saturated carbocycles. The molecule has 0 spiro atoms. The van der Waals surface area contributed by atoms with Crippen LogP contribution in [0.1, 0.15) is 188 Å². The van der Waals surface area contributed by atoms with Crippen molar-refractivity contribution in [2.24, 2.45) is 11.8 Å².